The van der Waals surface area contributed by atoms with Gasteiger partial charge in [0.05, 0.1) is 19.1 Å². The lowest BCUT2D eigenvalue weighted by Gasteiger charge is -2.19. The van der Waals surface area contributed by atoms with Gasteiger partial charge in [-0.25, -0.2) is 9.18 Å². The number of hydrogen-bond donors (Lipinski definition) is 1. The summed E-state index contributed by atoms with van der Waals surface area (Å²) in [5.74, 6) is -1.68. The minimum absolute atomic E-state index is 0.00518. The molecule has 7 nitrogen and oxygen atoms in total. The number of amides is 1. The summed E-state index contributed by atoms with van der Waals surface area (Å²) in [6.45, 7) is 4.60. The van der Waals surface area contributed by atoms with E-state index in [2.05, 4.69) is 5.32 Å². The first-order valence-electron chi connectivity index (χ1n) is 7.61. The van der Waals surface area contributed by atoms with Crippen molar-refractivity contribution in [2.75, 3.05) is 20.3 Å². The number of ether oxygens (including phenoxy) is 3. The van der Waals surface area contributed by atoms with Crippen LogP contribution in [0.5, 0.6) is 5.75 Å². The molecule has 0 aliphatic carbocycles. The molecule has 0 saturated carbocycles. The molecule has 0 atom stereocenters. The van der Waals surface area contributed by atoms with Gasteiger partial charge in [0, 0.05) is 6.54 Å². The van der Waals surface area contributed by atoms with E-state index in [9.17, 15) is 18.8 Å². The molecule has 0 radical (unpaired) electrons. The highest BCUT2D eigenvalue weighted by Crippen LogP contribution is 2.19. The Morgan fingerprint density at radius 1 is 1.20 bits per heavy atom. The Morgan fingerprint density at radius 3 is 2.48 bits per heavy atom. The summed E-state index contributed by atoms with van der Waals surface area (Å²) in [7, 11) is 1.35. The van der Waals surface area contributed by atoms with Crippen LogP contribution < -0.4 is 10.1 Å². The van der Waals surface area contributed by atoms with Crippen molar-refractivity contribution in [3.8, 4) is 5.75 Å². The fourth-order valence-electron chi connectivity index (χ4n) is 1.77. The lowest BCUT2D eigenvalue weighted by Crippen LogP contribution is -2.33. The van der Waals surface area contributed by atoms with Gasteiger partial charge in [0.1, 0.15) is 17.2 Å². The van der Waals surface area contributed by atoms with Crippen molar-refractivity contribution in [3.05, 3.63) is 29.6 Å². The van der Waals surface area contributed by atoms with Gasteiger partial charge in [-0.2, -0.15) is 0 Å². The zero-order chi connectivity index (χ0) is 19.0. The van der Waals surface area contributed by atoms with Crippen LogP contribution in [0, 0.1) is 5.82 Å². The van der Waals surface area contributed by atoms with Crippen LogP contribution in [0.3, 0.4) is 0 Å². The molecule has 0 saturated heterocycles. The predicted octanol–water partition coefficient (Wildman–Crippen LogP) is 2.48. The third-order valence-corrected chi connectivity index (χ3v) is 2.82. The van der Waals surface area contributed by atoms with Gasteiger partial charge < -0.3 is 19.5 Å². The Hall–Kier alpha value is -2.64. The average molecular weight is 355 g/mol. The molecule has 0 heterocycles. The SMILES string of the molecule is COc1ccc(F)cc1C(=O)COC(=O)CCNC(=O)OC(C)(C)C. The molecule has 8 heteroatoms. The number of Topliss-reactive ketones (excluding diaryl/α,β-unsaturated/α-hetero) is 1. The van der Waals surface area contributed by atoms with Crippen LogP contribution in [0.4, 0.5) is 9.18 Å². The van der Waals surface area contributed by atoms with Crippen molar-refractivity contribution in [2.24, 2.45) is 0 Å². The zero-order valence-electron chi connectivity index (χ0n) is 14.7. The lowest BCUT2D eigenvalue weighted by atomic mass is 10.1. The summed E-state index contributed by atoms with van der Waals surface area (Å²) in [6, 6.07) is 3.48. The number of carbonyl (C=O) groups is 3. The Labute approximate surface area is 145 Å². The van der Waals surface area contributed by atoms with Crippen molar-refractivity contribution in [3.63, 3.8) is 0 Å². The first-order chi connectivity index (χ1) is 11.6. The molecule has 1 aromatic rings. The summed E-state index contributed by atoms with van der Waals surface area (Å²) in [5.41, 5.74) is -0.650. The lowest BCUT2D eigenvalue weighted by molar-refractivity contribution is -0.142. The van der Waals surface area contributed by atoms with E-state index in [4.69, 9.17) is 14.2 Å². The first kappa shape index (κ1) is 20.4. The second-order valence-corrected chi connectivity index (χ2v) is 6.11. The molecule has 1 amide bonds. The van der Waals surface area contributed by atoms with Gasteiger partial charge in [0.2, 0.25) is 5.78 Å². The van der Waals surface area contributed by atoms with Crippen molar-refractivity contribution in [1.29, 1.82) is 0 Å². The van der Waals surface area contributed by atoms with Crippen molar-refractivity contribution in [1.82, 2.24) is 5.32 Å². The standard InChI is InChI=1S/C17H22FNO6/c1-17(2,3)25-16(22)19-8-7-15(21)24-10-13(20)12-9-11(18)5-6-14(12)23-4/h5-6,9H,7-8,10H2,1-4H3,(H,19,22). The van der Waals surface area contributed by atoms with Gasteiger partial charge in [0.25, 0.3) is 0 Å². The molecule has 1 aromatic carbocycles. The molecule has 0 aromatic heterocycles. The van der Waals surface area contributed by atoms with Crippen molar-refractivity contribution in [2.45, 2.75) is 32.8 Å². The second-order valence-electron chi connectivity index (χ2n) is 6.11. The van der Waals surface area contributed by atoms with E-state index in [1.807, 2.05) is 0 Å². The topological polar surface area (TPSA) is 90.9 Å². The smallest absolute Gasteiger partial charge is 0.407 e. The number of halogens is 1. The normalized spacial score (nSPS) is 10.8. The van der Waals surface area contributed by atoms with E-state index in [1.165, 1.54) is 13.2 Å². The number of nitrogens with one attached hydrogen (secondary N) is 1. The predicted molar refractivity (Wildman–Crippen MR) is 87.1 cm³/mol. The summed E-state index contributed by atoms with van der Waals surface area (Å²) < 4.78 is 28.0. The van der Waals surface area contributed by atoms with Gasteiger partial charge in [-0.15, -0.1) is 0 Å². The maximum absolute atomic E-state index is 13.2. The molecule has 0 aliphatic rings. The highest BCUT2D eigenvalue weighted by molar-refractivity contribution is 6.00. The fraction of sp³-hybridized carbons (Fsp3) is 0.471. The van der Waals surface area contributed by atoms with Gasteiger partial charge >= 0.3 is 12.1 Å². The average Bonchev–Trinajstić information content (AvgIpc) is 2.50. The summed E-state index contributed by atoms with van der Waals surface area (Å²) in [4.78, 5) is 35.0. The van der Waals surface area contributed by atoms with E-state index in [-0.39, 0.29) is 24.3 Å². The molecule has 0 unspecified atom stereocenters. The minimum atomic E-state index is -0.681. The molecular weight excluding hydrogens is 333 g/mol. The van der Waals surface area contributed by atoms with Crippen LogP contribution >= 0.6 is 0 Å². The molecular formula is C17H22FNO6. The largest absolute Gasteiger partial charge is 0.496 e. The van der Waals surface area contributed by atoms with Crippen LogP contribution in [0.2, 0.25) is 0 Å². The molecule has 0 aliphatic heterocycles. The van der Waals surface area contributed by atoms with E-state index < -0.39 is 35.9 Å². The Morgan fingerprint density at radius 2 is 1.88 bits per heavy atom. The highest BCUT2D eigenvalue weighted by atomic mass is 19.1. The first-order valence-corrected chi connectivity index (χ1v) is 7.61. The maximum atomic E-state index is 13.2. The van der Waals surface area contributed by atoms with Gasteiger partial charge in [-0.05, 0) is 39.0 Å². The monoisotopic (exact) mass is 355 g/mol. The maximum Gasteiger partial charge on any atom is 0.407 e. The van der Waals surface area contributed by atoms with Crippen molar-refractivity contribution >= 4 is 17.8 Å². The Bertz CT molecular complexity index is 639. The van der Waals surface area contributed by atoms with E-state index in [0.29, 0.717) is 0 Å². The molecule has 0 fully saturated rings. The van der Waals surface area contributed by atoms with E-state index in [0.717, 1.165) is 12.1 Å². The Balaban J connectivity index is 2.40. The van der Waals surface area contributed by atoms with Crippen LogP contribution in [0.1, 0.15) is 37.6 Å². The number of alkyl carbamates (subject to hydrolysis) is 1. The fourth-order valence-corrected chi connectivity index (χ4v) is 1.77. The van der Waals surface area contributed by atoms with Crippen LogP contribution in [0.25, 0.3) is 0 Å². The van der Waals surface area contributed by atoms with Crippen LogP contribution in [-0.2, 0) is 14.3 Å². The highest BCUT2D eigenvalue weighted by Gasteiger charge is 2.17. The van der Waals surface area contributed by atoms with Crippen LogP contribution in [-0.4, -0.2) is 43.7 Å². The number of hydrogen-bond acceptors (Lipinski definition) is 6. The summed E-state index contributed by atoms with van der Waals surface area (Å²) in [5, 5.41) is 2.40. The van der Waals surface area contributed by atoms with Crippen LogP contribution in [0.15, 0.2) is 18.2 Å². The van der Waals surface area contributed by atoms with Gasteiger partial charge in [-0.3, -0.25) is 9.59 Å². The van der Waals surface area contributed by atoms with Gasteiger partial charge in [0.15, 0.2) is 6.61 Å². The molecule has 138 valence electrons. The quantitative estimate of drug-likeness (QED) is 0.597. The zero-order valence-corrected chi connectivity index (χ0v) is 14.7. The summed E-state index contributed by atoms with van der Waals surface area (Å²) in [6.07, 6.45) is -0.784. The van der Waals surface area contributed by atoms with E-state index >= 15 is 0 Å². The number of carbonyl (C=O) groups excluding carboxylic acids is 3. The van der Waals surface area contributed by atoms with E-state index in [1.54, 1.807) is 20.8 Å². The Kier molecular flexibility index (Phi) is 7.35. The molecule has 0 bridgehead atoms. The molecule has 1 rings (SSSR count). The number of methoxy groups -OCH3 is 1. The molecule has 0 spiro atoms. The minimum Gasteiger partial charge on any atom is -0.496 e. The van der Waals surface area contributed by atoms with Gasteiger partial charge in [-0.1, -0.05) is 0 Å². The van der Waals surface area contributed by atoms with Crippen molar-refractivity contribution < 1.29 is 33.0 Å². The number of ketones is 1. The number of esters is 1. The third kappa shape index (κ3) is 7.65. The second kappa shape index (κ2) is 9.00. The number of rotatable bonds is 7. The molecule has 1 N–H and O–H groups in total. The number of benzene rings is 1. The molecule has 25 heavy (non-hydrogen) atoms. The third-order valence-electron chi connectivity index (χ3n) is 2.82. The summed E-state index contributed by atoms with van der Waals surface area (Å²) >= 11 is 0.